The maximum Gasteiger partial charge on any atom is 0.159 e. The third-order valence-electron chi connectivity index (χ3n) is 2.60. The van der Waals surface area contributed by atoms with E-state index in [2.05, 4.69) is 15.3 Å². The summed E-state index contributed by atoms with van der Waals surface area (Å²) in [5, 5.41) is 3.25. The molecule has 0 radical (unpaired) electrons. The van der Waals surface area contributed by atoms with Crippen molar-refractivity contribution in [1.29, 1.82) is 0 Å². The molecule has 0 amide bonds. The Bertz CT molecular complexity index is 549. The number of Topliss-reactive ketones (excluding diaryl/α,β-unsaturated/α-hetero) is 1. The molecule has 1 N–H and O–H groups in total. The molecule has 18 heavy (non-hydrogen) atoms. The van der Waals surface area contributed by atoms with Crippen LogP contribution in [0.2, 0.25) is 0 Å². The molecule has 1 aromatic carbocycles. The zero-order chi connectivity index (χ0) is 13.0. The molecule has 0 spiro atoms. The fraction of sp³-hybridized carbons (Fsp3) is 0.214. The van der Waals surface area contributed by atoms with Crippen molar-refractivity contribution in [2.24, 2.45) is 0 Å². The number of rotatable bonds is 4. The van der Waals surface area contributed by atoms with Crippen molar-refractivity contribution in [2.75, 3.05) is 5.32 Å². The van der Waals surface area contributed by atoms with E-state index in [-0.39, 0.29) is 5.78 Å². The summed E-state index contributed by atoms with van der Waals surface area (Å²) in [6.07, 6.45) is 1.75. The standard InChI is InChI=1S/C14H15N3O/c1-10(18)12-3-5-13(6-4-12)16-9-14-7-8-15-11(2)17-14/h3-8,16H,9H2,1-2H3. The van der Waals surface area contributed by atoms with Gasteiger partial charge in [0.2, 0.25) is 0 Å². The van der Waals surface area contributed by atoms with Gasteiger partial charge in [-0.2, -0.15) is 0 Å². The van der Waals surface area contributed by atoms with Gasteiger partial charge in [-0.1, -0.05) is 0 Å². The Morgan fingerprint density at radius 2 is 1.94 bits per heavy atom. The molecule has 0 bridgehead atoms. The van der Waals surface area contributed by atoms with E-state index in [1.165, 1.54) is 0 Å². The van der Waals surface area contributed by atoms with E-state index < -0.39 is 0 Å². The lowest BCUT2D eigenvalue weighted by Crippen LogP contribution is -2.03. The van der Waals surface area contributed by atoms with Crippen LogP contribution in [0, 0.1) is 6.92 Å². The third kappa shape index (κ3) is 3.13. The average molecular weight is 241 g/mol. The van der Waals surface area contributed by atoms with Crippen LogP contribution in [-0.2, 0) is 6.54 Å². The van der Waals surface area contributed by atoms with Gasteiger partial charge in [-0.05, 0) is 44.2 Å². The minimum absolute atomic E-state index is 0.0768. The number of ketones is 1. The Balaban J connectivity index is 2.00. The maximum absolute atomic E-state index is 11.1. The van der Waals surface area contributed by atoms with Crippen LogP contribution in [0.5, 0.6) is 0 Å². The molecule has 0 saturated heterocycles. The van der Waals surface area contributed by atoms with Crippen molar-refractivity contribution in [3.8, 4) is 0 Å². The number of hydrogen-bond donors (Lipinski definition) is 1. The van der Waals surface area contributed by atoms with Crippen LogP contribution in [-0.4, -0.2) is 15.8 Å². The Morgan fingerprint density at radius 1 is 1.22 bits per heavy atom. The normalized spacial score (nSPS) is 10.1. The van der Waals surface area contributed by atoms with Gasteiger partial charge >= 0.3 is 0 Å². The fourth-order valence-electron chi connectivity index (χ4n) is 1.62. The second-order valence-electron chi connectivity index (χ2n) is 4.08. The summed E-state index contributed by atoms with van der Waals surface area (Å²) in [7, 11) is 0. The zero-order valence-electron chi connectivity index (χ0n) is 10.5. The summed E-state index contributed by atoms with van der Waals surface area (Å²) < 4.78 is 0. The monoisotopic (exact) mass is 241 g/mol. The Morgan fingerprint density at radius 3 is 2.56 bits per heavy atom. The van der Waals surface area contributed by atoms with Gasteiger partial charge in [0.15, 0.2) is 5.78 Å². The SMILES string of the molecule is CC(=O)c1ccc(NCc2ccnc(C)n2)cc1. The summed E-state index contributed by atoms with van der Waals surface area (Å²) in [4.78, 5) is 19.5. The molecule has 0 unspecified atom stereocenters. The first-order chi connectivity index (χ1) is 8.65. The van der Waals surface area contributed by atoms with Gasteiger partial charge in [0, 0.05) is 17.4 Å². The van der Waals surface area contributed by atoms with Crippen LogP contribution < -0.4 is 5.32 Å². The molecule has 0 saturated carbocycles. The van der Waals surface area contributed by atoms with Crippen LogP contribution in [0.1, 0.15) is 28.8 Å². The van der Waals surface area contributed by atoms with Crippen molar-refractivity contribution < 1.29 is 4.79 Å². The number of benzene rings is 1. The quantitative estimate of drug-likeness (QED) is 0.836. The molecule has 0 aliphatic rings. The number of nitrogens with zero attached hydrogens (tertiary/aromatic N) is 2. The molecule has 1 aromatic heterocycles. The highest BCUT2D eigenvalue weighted by Gasteiger charge is 1.99. The average Bonchev–Trinajstić information content (AvgIpc) is 2.37. The largest absolute Gasteiger partial charge is 0.379 e. The van der Waals surface area contributed by atoms with E-state index in [4.69, 9.17) is 0 Å². The lowest BCUT2D eigenvalue weighted by molar-refractivity contribution is 0.101. The first kappa shape index (κ1) is 12.2. The molecule has 0 fully saturated rings. The van der Waals surface area contributed by atoms with Gasteiger partial charge in [0.1, 0.15) is 5.82 Å². The number of carbonyl (C=O) groups excluding carboxylic acids is 1. The van der Waals surface area contributed by atoms with E-state index in [1.807, 2.05) is 37.3 Å². The van der Waals surface area contributed by atoms with E-state index in [0.717, 1.165) is 22.8 Å². The lowest BCUT2D eigenvalue weighted by atomic mass is 10.1. The third-order valence-corrected chi connectivity index (χ3v) is 2.60. The highest BCUT2D eigenvalue weighted by Crippen LogP contribution is 2.11. The van der Waals surface area contributed by atoms with Crippen LogP contribution >= 0.6 is 0 Å². The highest BCUT2D eigenvalue weighted by atomic mass is 16.1. The summed E-state index contributed by atoms with van der Waals surface area (Å²) in [6, 6.07) is 9.30. The smallest absolute Gasteiger partial charge is 0.159 e. The highest BCUT2D eigenvalue weighted by molar-refractivity contribution is 5.94. The molecular formula is C14H15N3O. The van der Waals surface area contributed by atoms with Crippen LogP contribution in [0.25, 0.3) is 0 Å². The van der Waals surface area contributed by atoms with Crippen molar-refractivity contribution in [2.45, 2.75) is 20.4 Å². The molecular weight excluding hydrogens is 226 g/mol. The van der Waals surface area contributed by atoms with Crippen molar-refractivity contribution >= 4 is 11.5 Å². The Hall–Kier alpha value is -2.23. The second kappa shape index (κ2) is 5.40. The maximum atomic E-state index is 11.1. The summed E-state index contributed by atoms with van der Waals surface area (Å²) in [5.41, 5.74) is 2.63. The van der Waals surface area contributed by atoms with Crippen LogP contribution in [0.4, 0.5) is 5.69 Å². The molecule has 0 aliphatic heterocycles. The Kier molecular flexibility index (Phi) is 3.67. The molecule has 0 atom stereocenters. The van der Waals surface area contributed by atoms with Gasteiger partial charge in [-0.15, -0.1) is 0 Å². The van der Waals surface area contributed by atoms with E-state index >= 15 is 0 Å². The lowest BCUT2D eigenvalue weighted by Gasteiger charge is -2.06. The summed E-state index contributed by atoms with van der Waals surface area (Å²) in [5.74, 6) is 0.842. The number of carbonyl (C=O) groups is 1. The van der Waals surface area contributed by atoms with E-state index in [0.29, 0.717) is 6.54 Å². The molecule has 4 nitrogen and oxygen atoms in total. The predicted molar refractivity (Wildman–Crippen MR) is 70.5 cm³/mol. The number of hydrogen-bond acceptors (Lipinski definition) is 4. The minimum Gasteiger partial charge on any atom is -0.379 e. The van der Waals surface area contributed by atoms with E-state index in [1.54, 1.807) is 13.1 Å². The molecule has 2 aromatic rings. The van der Waals surface area contributed by atoms with Gasteiger partial charge < -0.3 is 5.32 Å². The van der Waals surface area contributed by atoms with Gasteiger partial charge in [-0.25, -0.2) is 9.97 Å². The van der Waals surface area contributed by atoms with Gasteiger partial charge in [-0.3, -0.25) is 4.79 Å². The topological polar surface area (TPSA) is 54.9 Å². The number of aryl methyl sites for hydroxylation is 1. The van der Waals surface area contributed by atoms with E-state index in [9.17, 15) is 4.79 Å². The van der Waals surface area contributed by atoms with Crippen molar-refractivity contribution in [3.05, 3.63) is 53.6 Å². The number of nitrogens with one attached hydrogen (secondary N) is 1. The van der Waals surface area contributed by atoms with Crippen LogP contribution in [0.15, 0.2) is 36.5 Å². The first-order valence-electron chi connectivity index (χ1n) is 5.78. The summed E-state index contributed by atoms with van der Waals surface area (Å²) in [6.45, 7) is 4.07. The predicted octanol–water partition coefficient (Wildman–Crippen LogP) is 2.60. The minimum atomic E-state index is 0.0768. The Labute approximate surface area is 106 Å². The van der Waals surface area contributed by atoms with Gasteiger partial charge in [0.05, 0.1) is 12.2 Å². The van der Waals surface area contributed by atoms with Crippen LogP contribution in [0.3, 0.4) is 0 Å². The number of aromatic nitrogens is 2. The second-order valence-corrected chi connectivity index (χ2v) is 4.08. The van der Waals surface area contributed by atoms with Crippen molar-refractivity contribution in [3.63, 3.8) is 0 Å². The molecule has 92 valence electrons. The molecule has 4 heteroatoms. The number of anilines is 1. The fourth-order valence-corrected chi connectivity index (χ4v) is 1.62. The molecule has 0 aliphatic carbocycles. The van der Waals surface area contributed by atoms with Gasteiger partial charge in [0.25, 0.3) is 0 Å². The zero-order valence-corrected chi connectivity index (χ0v) is 10.5. The first-order valence-corrected chi connectivity index (χ1v) is 5.78. The summed E-state index contributed by atoms with van der Waals surface area (Å²) >= 11 is 0. The molecule has 2 rings (SSSR count). The molecule has 1 heterocycles. The van der Waals surface area contributed by atoms with Crippen molar-refractivity contribution in [1.82, 2.24) is 9.97 Å².